The molecule has 0 radical (unpaired) electrons. The van der Waals surface area contributed by atoms with Gasteiger partial charge in [-0.2, -0.15) is 0 Å². The largest absolute Gasteiger partial charge is 0.496 e. The van der Waals surface area contributed by atoms with Crippen LogP contribution in [0.25, 0.3) is 17.1 Å². The fourth-order valence-corrected chi connectivity index (χ4v) is 2.29. The van der Waals surface area contributed by atoms with Gasteiger partial charge in [-0.05, 0) is 36.8 Å². The molecule has 0 atom stereocenters. The number of hydrogen-bond acceptors (Lipinski definition) is 5. The van der Waals surface area contributed by atoms with E-state index in [0.29, 0.717) is 23.0 Å². The van der Waals surface area contributed by atoms with Gasteiger partial charge < -0.3 is 9.47 Å². The molecule has 112 valence electrons. The molecule has 0 amide bonds. The first-order chi connectivity index (χ1) is 10.7. The molecule has 1 aromatic carbocycles. The molecule has 0 fully saturated rings. The Bertz CT molecular complexity index is 742. The second kappa shape index (κ2) is 5.85. The van der Waals surface area contributed by atoms with Gasteiger partial charge in [0.25, 0.3) is 0 Å². The van der Waals surface area contributed by atoms with Crippen molar-refractivity contribution in [3.8, 4) is 28.6 Å². The van der Waals surface area contributed by atoms with Crippen LogP contribution in [0, 0.1) is 6.92 Å². The fourth-order valence-electron chi connectivity index (χ4n) is 2.29. The number of nitrogens with zero attached hydrogens (tertiary/aromatic N) is 4. The van der Waals surface area contributed by atoms with Crippen LogP contribution in [0.4, 0.5) is 0 Å². The molecule has 0 aliphatic carbocycles. The molecule has 0 bridgehead atoms. The predicted molar refractivity (Wildman–Crippen MR) is 82.4 cm³/mol. The first-order valence-electron chi connectivity index (χ1n) is 6.78. The van der Waals surface area contributed by atoms with Gasteiger partial charge in [0.1, 0.15) is 23.5 Å². The third-order valence-electron chi connectivity index (χ3n) is 3.33. The van der Waals surface area contributed by atoms with Gasteiger partial charge in [0, 0.05) is 12.4 Å². The van der Waals surface area contributed by atoms with Crippen molar-refractivity contribution in [2.24, 2.45) is 0 Å². The Morgan fingerprint density at radius 1 is 1.00 bits per heavy atom. The zero-order valence-corrected chi connectivity index (χ0v) is 12.6. The summed E-state index contributed by atoms with van der Waals surface area (Å²) in [5, 5.41) is 8.53. The molecule has 6 nitrogen and oxygen atoms in total. The molecule has 22 heavy (non-hydrogen) atoms. The van der Waals surface area contributed by atoms with Gasteiger partial charge in [-0.25, -0.2) is 4.98 Å². The van der Waals surface area contributed by atoms with Crippen molar-refractivity contribution in [2.75, 3.05) is 14.2 Å². The van der Waals surface area contributed by atoms with Gasteiger partial charge >= 0.3 is 0 Å². The van der Waals surface area contributed by atoms with Crippen LogP contribution < -0.4 is 9.47 Å². The molecular formula is C16H16N4O2. The Balaban J connectivity index is 2.07. The quantitative estimate of drug-likeness (QED) is 0.740. The minimum Gasteiger partial charge on any atom is -0.496 e. The highest BCUT2D eigenvalue weighted by Gasteiger charge is 2.15. The molecule has 3 aromatic rings. The molecule has 2 aromatic heterocycles. The van der Waals surface area contributed by atoms with Crippen LogP contribution in [0.1, 0.15) is 5.56 Å². The average molecular weight is 296 g/mol. The smallest absolute Gasteiger partial charge is 0.160 e. The van der Waals surface area contributed by atoms with Crippen LogP contribution >= 0.6 is 0 Å². The highest BCUT2D eigenvalue weighted by molar-refractivity contribution is 5.75. The summed E-state index contributed by atoms with van der Waals surface area (Å²) in [5.41, 5.74) is 2.54. The van der Waals surface area contributed by atoms with E-state index in [-0.39, 0.29) is 0 Å². The first-order valence-corrected chi connectivity index (χ1v) is 6.78. The fraction of sp³-hybridized carbons (Fsp3) is 0.188. The summed E-state index contributed by atoms with van der Waals surface area (Å²) in [7, 11) is 3.26. The predicted octanol–water partition coefficient (Wildman–Crippen LogP) is 2.65. The van der Waals surface area contributed by atoms with Gasteiger partial charge in [-0.15, -0.1) is 10.2 Å². The first kappa shape index (κ1) is 14.1. The number of aromatic nitrogens is 4. The standard InChI is InChI=1S/C16H16N4O2/c1-11-8-13(21-2)16(14(9-11)22-3)12-4-5-15(19-18-12)20-7-6-17-10-20/h4-10H,1-3H3. The van der Waals surface area contributed by atoms with Crippen LogP contribution in [-0.2, 0) is 0 Å². The Kier molecular flexibility index (Phi) is 3.74. The minimum atomic E-state index is 0.692. The summed E-state index contributed by atoms with van der Waals surface area (Å²) in [6.07, 6.45) is 5.19. The molecule has 2 heterocycles. The number of imidazole rings is 1. The second-order valence-corrected chi connectivity index (χ2v) is 4.79. The SMILES string of the molecule is COc1cc(C)cc(OC)c1-c1ccc(-n2ccnc2)nn1. The van der Waals surface area contributed by atoms with Crippen LogP contribution in [0.3, 0.4) is 0 Å². The lowest BCUT2D eigenvalue weighted by Gasteiger charge is -2.13. The summed E-state index contributed by atoms with van der Waals surface area (Å²) in [6.45, 7) is 1.99. The number of methoxy groups -OCH3 is 2. The van der Waals surface area contributed by atoms with Crippen LogP contribution in [0.5, 0.6) is 11.5 Å². The van der Waals surface area contributed by atoms with Crippen molar-refractivity contribution in [1.29, 1.82) is 0 Å². The van der Waals surface area contributed by atoms with Crippen molar-refractivity contribution >= 4 is 0 Å². The van der Waals surface area contributed by atoms with Crippen molar-refractivity contribution in [3.05, 3.63) is 48.5 Å². The molecule has 0 saturated heterocycles. The highest BCUT2D eigenvalue weighted by Crippen LogP contribution is 2.38. The lowest BCUT2D eigenvalue weighted by molar-refractivity contribution is 0.396. The van der Waals surface area contributed by atoms with Gasteiger partial charge in [-0.1, -0.05) is 0 Å². The van der Waals surface area contributed by atoms with E-state index < -0.39 is 0 Å². The van der Waals surface area contributed by atoms with E-state index in [1.165, 1.54) is 0 Å². The molecule has 3 rings (SSSR count). The maximum Gasteiger partial charge on any atom is 0.160 e. The Morgan fingerprint density at radius 2 is 1.73 bits per heavy atom. The Morgan fingerprint density at radius 3 is 2.23 bits per heavy atom. The topological polar surface area (TPSA) is 62.1 Å². The minimum absolute atomic E-state index is 0.692. The summed E-state index contributed by atoms with van der Waals surface area (Å²) < 4.78 is 12.7. The third-order valence-corrected chi connectivity index (χ3v) is 3.33. The zero-order valence-electron chi connectivity index (χ0n) is 12.6. The second-order valence-electron chi connectivity index (χ2n) is 4.79. The maximum atomic E-state index is 5.46. The summed E-state index contributed by atoms with van der Waals surface area (Å²) in [5.74, 6) is 2.12. The maximum absolute atomic E-state index is 5.46. The van der Waals surface area contributed by atoms with Gasteiger partial charge in [0.15, 0.2) is 5.82 Å². The Hall–Kier alpha value is -2.89. The molecule has 0 saturated carbocycles. The molecule has 6 heteroatoms. The van der Waals surface area contributed by atoms with Crippen molar-refractivity contribution in [3.63, 3.8) is 0 Å². The summed E-state index contributed by atoms with van der Waals surface area (Å²) in [6, 6.07) is 7.66. The van der Waals surface area contributed by atoms with Gasteiger partial charge in [0.05, 0.1) is 19.8 Å². The Labute approximate surface area is 128 Å². The summed E-state index contributed by atoms with van der Waals surface area (Å²) >= 11 is 0. The number of benzene rings is 1. The van der Waals surface area contributed by atoms with Crippen LogP contribution in [0.15, 0.2) is 43.0 Å². The highest BCUT2D eigenvalue weighted by atomic mass is 16.5. The normalized spacial score (nSPS) is 10.5. The number of ether oxygens (including phenoxy) is 2. The monoisotopic (exact) mass is 296 g/mol. The molecular weight excluding hydrogens is 280 g/mol. The number of aryl methyl sites for hydroxylation is 1. The molecule has 0 N–H and O–H groups in total. The van der Waals surface area contributed by atoms with E-state index in [0.717, 1.165) is 11.1 Å². The molecule has 0 aliphatic rings. The van der Waals surface area contributed by atoms with Gasteiger partial charge in [-0.3, -0.25) is 4.57 Å². The van der Waals surface area contributed by atoms with Crippen molar-refractivity contribution in [2.45, 2.75) is 6.92 Å². The number of hydrogen-bond donors (Lipinski definition) is 0. The molecule has 0 spiro atoms. The molecule has 0 aliphatic heterocycles. The van der Waals surface area contributed by atoms with E-state index in [4.69, 9.17) is 9.47 Å². The summed E-state index contributed by atoms with van der Waals surface area (Å²) in [4.78, 5) is 4.00. The lowest BCUT2D eigenvalue weighted by Crippen LogP contribution is -2.00. The van der Waals surface area contributed by atoms with Crippen LogP contribution in [0.2, 0.25) is 0 Å². The van der Waals surface area contributed by atoms with Crippen LogP contribution in [-0.4, -0.2) is 34.0 Å². The van der Waals surface area contributed by atoms with E-state index in [1.54, 1.807) is 31.3 Å². The number of rotatable bonds is 4. The van der Waals surface area contributed by atoms with E-state index in [1.807, 2.05) is 37.4 Å². The zero-order chi connectivity index (χ0) is 15.5. The molecule has 0 unspecified atom stereocenters. The van der Waals surface area contributed by atoms with E-state index in [9.17, 15) is 0 Å². The lowest BCUT2D eigenvalue weighted by atomic mass is 10.1. The van der Waals surface area contributed by atoms with E-state index >= 15 is 0 Å². The van der Waals surface area contributed by atoms with Crippen molar-refractivity contribution < 1.29 is 9.47 Å². The van der Waals surface area contributed by atoms with Gasteiger partial charge in [0.2, 0.25) is 0 Å². The third kappa shape index (κ3) is 2.50. The average Bonchev–Trinajstić information content (AvgIpc) is 3.08. The van der Waals surface area contributed by atoms with E-state index in [2.05, 4.69) is 15.2 Å². The van der Waals surface area contributed by atoms with Crippen molar-refractivity contribution in [1.82, 2.24) is 19.7 Å².